The van der Waals surface area contributed by atoms with Crippen molar-refractivity contribution < 1.29 is 9.53 Å². The van der Waals surface area contributed by atoms with E-state index in [2.05, 4.69) is 27.3 Å². The third-order valence-electron chi connectivity index (χ3n) is 5.06. The highest BCUT2D eigenvalue weighted by Crippen LogP contribution is 2.31. The number of rotatable bonds is 5. The number of anilines is 4. The van der Waals surface area contributed by atoms with Crippen molar-refractivity contribution in [1.29, 1.82) is 0 Å². The summed E-state index contributed by atoms with van der Waals surface area (Å²) in [4.78, 5) is 20.2. The lowest BCUT2D eigenvalue weighted by molar-refractivity contribution is 0.104. The first-order valence-corrected chi connectivity index (χ1v) is 10.4. The number of ether oxygens (including phenoxy) is 1. The lowest BCUT2D eigenvalue weighted by Crippen LogP contribution is -2.36. The number of benzene rings is 2. The molecule has 0 atom stereocenters. The van der Waals surface area contributed by atoms with Gasteiger partial charge in [0.25, 0.3) is 0 Å². The van der Waals surface area contributed by atoms with Gasteiger partial charge in [0.2, 0.25) is 5.78 Å². The van der Waals surface area contributed by atoms with Crippen molar-refractivity contribution in [1.82, 2.24) is 4.98 Å². The third-order valence-corrected chi connectivity index (χ3v) is 6.05. The van der Waals surface area contributed by atoms with E-state index in [-0.39, 0.29) is 11.6 Å². The van der Waals surface area contributed by atoms with Crippen LogP contribution in [0.25, 0.3) is 0 Å². The minimum atomic E-state index is -0.0775. The van der Waals surface area contributed by atoms with Gasteiger partial charge in [0.05, 0.1) is 13.2 Å². The van der Waals surface area contributed by atoms with Crippen molar-refractivity contribution in [2.24, 2.45) is 0 Å². The minimum Gasteiger partial charge on any atom is -0.382 e. The van der Waals surface area contributed by atoms with Crippen LogP contribution in [-0.4, -0.2) is 37.1 Å². The normalized spacial score (nSPS) is 14.1. The Morgan fingerprint density at radius 2 is 1.76 bits per heavy atom. The summed E-state index contributed by atoms with van der Waals surface area (Å²) < 4.78 is 5.40. The van der Waals surface area contributed by atoms with E-state index in [1.165, 1.54) is 17.0 Å². The summed E-state index contributed by atoms with van der Waals surface area (Å²) in [5.74, 6) is 0.182. The highest BCUT2D eigenvalue weighted by atomic mass is 32.1. The Labute approximate surface area is 174 Å². The van der Waals surface area contributed by atoms with Gasteiger partial charge in [0, 0.05) is 30.0 Å². The first-order valence-electron chi connectivity index (χ1n) is 9.60. The Hall–Kier alpha value is -2.90. The molecule has 2 aromatic carbocycles. The maximum absolute atomic E-state index is 13.0. The van der Waals surface area contributed by atoms with E-state index < -0.39 is 0 Å². The van der Waals surface area contributed by atoms with Gasteiger partial charge < -0.3 is 20.7 Å². The van der Waals surface area contributed by atoms with Crippen molar-refractivity contribution in [3.8, 4) is 0 Å². The van der Waals surface area contributed by atoms with Crippen LogP contribution in [0.3, 0.4) is 0 Å². The predicted molar refractivity (Wildman–Crippen MR) is 119 cm³/mol. The van der Waals surface area contributed by atoms with Crippen molar-refractivity contribution in [3.63, 3.8) is 0 Å². The summed E-state index contributed by atoms with van der Waals surface area (Å²) in [6.07, 6.45) is 0. The highest BCUT2D eigenvalue weighted by Gasteiger charge is 2.21. The van der Waals surface area contributed by atoms with E-state index in [9.17, 15) is 4.79 Å². The monoisotopic (exact) mass is 408 g/mol. The van der Waals surface area contributed by atoms with E-state index in [1.54, 1.807) is 0 Å². The van der Waals surface area contributed by atoms with E-state index in [0.29, 0.717) is 15.6 Å². The molecule has 1 fully saturated rings. The fraction of sp³-hybridized carbons (Fsp3) is 0.273. The lowest BCUT2D eigenvalue weighted by atomic mass is 9.98. The number of nitrogens with two attached hydrogens (primary N) is 1. The van der Waals surface area contributed by atoms with Crippen LogP contribution >= 0.6 is 11.3 Å². The van der Waals surface area contributed by atoms with Crippen molar-refractivity contribution >= 4 is 39.4 Å². The maximum atomic E-state index is 13.0. The molecule has 29 heavy (non-hydrogen) atoms. The molecule has 0 unspecified atom stereocenters. The fourth-order valence-corrected chi connectivity index (χ4v) is 4.39. The van der Waals surface area contributed by atoms with Gasteiger partial charge in [-0.1, -0.05) is 29.5 Å². The molecule has 0 spiro atoms. The Bertz CT molecular complexity index is 1000. The number of hydrogen-bond donors (Lipinski definition) is 2. The molecule has 150 valence electrons. The molecule has 2 heterocycles. The average molecular weight is 409 g/mol. The zero-order valence-electron chi connectivity index (χ0n) is 16.6. The molecule has 1 saturated heterocycles. The molecule has 6 nitrogen and oxygen atoms in total. The Morgan fingerprint density at radius 1 is 1.10 bits per heavy atom. The second kappa shape index (κ2) is 8.23. The van der Waals surface area contributed by atoms with Crippen molar-refractivity contribution in [2.45, 2.75) is 13.8 Å². The first-order chi connectivity index (χ1) is 14.0. The van der Waals surface area contributed by atoms with Gasteiger partial charge in [-0.3, -0.25) is 4.79 Å². The Balaban J connectivity index is 1.51. The number of nitrogen functional groups attached to an aromatic ring is 1. The average Bonchev–Trinajstić information content (AvgIpc) is 3.09. The zero-order valence-corrected chi connectivity index (χ0v) is 17.4. The molecule has 0 amide bonds. The number of morpholine rings is 1. The number of carbonyl (C=O) groups is 1. The molecule has 4 rings (SSSR count). The number of thiazole rings is 1. The van der Waals surface area contributed by atoms with E-state index in [4.69, 9.17) is 10.5 Å². The largest absolute Gasteiger partial charge is 0.382 e. The molecule has 0 bridgehead atoms. The lowest BCUT2D eigenvalue weighted by Gasteiger charge is -2.28. The molecule has 1 aliphatic heterocycles. The van der Waals surface area contributed by atoms with Crippen LogP contribution in [0.5, 0.6) is 0 Å². The van der Waals surface area contributed by atoms with Crippen LogP contribution in [0.4, 0.5) is 22.3 Å². The maximum Gasteiger partial charge on any atom is 0.207 e. The molecule has 3 aromatic rings. The SMILES string of the molecule is Cc1cccc(C)c1C(=O)c1sc(Nc2ccc(N3CCOCC3)cc2)nc1N. The molecular weight excluding hydrogens is 384 g/mol. The van der Waals surface area contributed by atoms with Crippen LogP contribution in [0.2, 0.25) is 0 Å². The van der Waals surface area contributed by atoms with Crippen LogP contribution < -0.4 is 16.0 Å². The molecule has 1 aliphatic rings. The quantitative estimate of drug-likeness (QED) is 0.617. The smallest absolute Gasteiger partial charge is 0.207 e. The standard InChI is InChI=1S/C22H24N4O2S/c1-14-4-3-5-15(2)18(14)19(27)20-21(23)25-22(29-20)24-16-6-8-17(9-7-16)26-10-12-28-13-11-26/h3-9H,10-13,23H2,1-2H3,(H,24,25). The second-order valence-corrected chi connectivity index (χ2v) is 8.10. The van der Waals surface area contributed by atoms with Crippen LogP contribution in [0.15, 0.2) is 42.5 Å². The van der Waals surface area contributed by atoms with Gasteiger partial charge >= 0.3 is 0 Å². The van der Waals surface area contributed by atoms with Gasteiger partial charge in [0.1, 0.15) is 10.7 Å². The van der Waals surface area contributed by atoms with Gasteiger partial charge in [-0.05, 0) is 49.2 Å². The summed E-state index contributed by atoms with van der Waals surface area (Å²) in [6, 6.07) is 14.0. The van der Waals surface area contributed by atoms with E-state index in [0.717, 1.165) is 43.1 Å². The number of carbonyl (C=O) groups excluding carboxylic acids is 1. The first kappa shape index (κ1) is 19.4. The summed E-state index contributed by atoms with van der Waals surface area (Å²) >= 11 is 1.28. The van der Waals surface area contributed by atoms with E-state index in [1.807, 2.05) is 44.2 Å². The Kier molecular flexibility index (Phi) is 5.51. The summed E-state index contributed by atoms with van der Waals surface area (Å²) in [6.45, 7) is 7.20. The molecular formula is C22H24N4O2S. The van der Waals surface area contributed by atoms with Crippen molar-refractivity contribution in [2.75, 3.05) is 42.3 Å². The van der Waals surface area contributed by atoms with Crippen LogP contribution in [0.1, 0.15) is 26.4 Å². The summed E-state index contributed by atoms with van der Waals surface area (Å²) in [5.41, 5.74) is 10.7. The third kappa shape index (κ3) is 4.11. The van der Waals surface area contributed by atoms with Gasteiger partial charge in [-0.15, -0.1) is 0 Å². The van der Waals surface area contributed by atoms with Gasteiger partial charge in [-0.2, -0.15) is 0 Å². The van der Waals surface area contributed by atoms with Crippen LogP contribution in [-0.2, 0) is 4.74 Å². The molecule has 0 saturated carbocycles. The number of aryl methyl sites for hydroxylation is 2. The number of aromatic nitrogens is 1. The number of nitrogens with zero attached hydrogens (tertiary/aromatic N) is 2. The highest BCUT2D eigenvalue weighted by molar-refractivity contribution is 7.18. The summed E-state index contributed by atoms with van der Waals surface area (Å²) in [5, 5.41) is 3.87. The number of nitrogens with one attached hydrogen (secondary N) is 1. The minimum absolute atomic E-state index is 0.0775. The zero-order chi connectivity index (χ0) is 20.4. The van der Waals surface area contributed by atoms with Crippen molar-refractivity contribution in [3.05, 3.63) is 64.0 Å². The molecule has 0 aliphatic carbocycles. The molecule has 1 aromatic heterocycles. The van der Waals surface area contributed by atoms with Crippen LogP contribution in [0, 0.1) is 13.8 Å². The number of ketones is 1. The molecule has 0 radical (unpaired) electrons. The van der Waals surface area contributed by atoms with Gasteiger partial charge in [-0.25, -0.2) is 4.98 Å². The molecule has 3 N–H and O–H groups in total. The second-order valence-electron chi connectivity index (χ2n) is 7.10. The predicted octanol–water partition coefficient (Wildman–Crippen LogP) is 4.15. The van der Waals surface area contributed by atoms with E-state index >= 15 is 0 Å². The van der Waals surface area contributed by atoms with Gasteiger partial charge in [0.15, 0.2) is 5.13 Å². The molecule has 7 heteroatoms. The summed E-state index contributed by atoms with van der Waals surface area (Å²) in [7, 11) is 0. The number of hydrogen-bond acceptors (Lipinski definition) is 7. The Morgan fingerprint density at radius 3 is 2.41 bits per heavy atom. The fourth-order valence-electron chi connectivity index (χ4n) is 3.53. The topological polar surface area (TPSA) is 80.5 Å².